The molecule has 0 aromatic heterocycles. The zero-order valence-corrected chi connectivity index (χ0v) is 12.7. The Morgan fingerprint density at radius 1 is 1.24 bits per heavy atom. The van der Waals surface area contributed by atoms with E-state index in [1.807, 2.05) is 0 Å². The number of unbranched alkanes of at least 4 members (excludes halogenated alkanes) is 3. The van der Waals surface area contributed by atoms with Crippen molar-refractivity contribution in [1.82, 2.24) is 5.32 Å². The fraction of sp³-hybridized carbons (Fsp3) is 0.929. The van der Waals surface area contributed by atoms with Crippen molar-refractivity contribution in [3.8, 4) is 0 Å². The highest BCUT2D eigenvalue weighted by Gasteiger charge is 2.32. The van der Waals surface area contributed by atoms with Gasteiger partial charge in [0.05, 0.1) is 0 Å². The molecule has 1 saturated carbocycles. The lowest BCUT2D eigenvalue weighted by Crippen LogP contribution is -2.36. The molecule has 0 spiro atoms. The number of alkyl halides is 1. The van der Waals surface area contributed by atoms with E-state index in [4.69, 9.17) is 0 Å². The lowest BCUT2D eigenvalue weighted by Gasteiger charge is -2.26. The molecule has 0 radical (unpaired) electrons. The van der Waals surface area contributed by atoms with Crippen molar-refractivity contribution in [3.63, 3.8) is 0 Å². The van der Waals surface area contributed by atoms with E-state index in [1.54, 1.807) is 0 Å². The van der Waals surface area contributed by atoms with Gasteiger partial charge in [-0.3, -0.25) is 4.79 Å². The molecule has 3 heteroatoms. The van der Waals surface area contributed by atoms with Gasteiger partial charge in [0, 0.05) is 18.3 Å². The van der Waals surface area contributed by atoms with Crippen molar-refractivity contribution in [2.75, 3.05) is 11.9 Å². The van der Waals surface area contributed by atoms with Gasteiger partial charge < -0.3 is 5.32 Å². The van der Waals surface area contributed by atoms with Gasteiger partial charge in [0.15, 0.2) is 0 Å². The number of hydrogen-bond donors (Lipinski definition) is 1. The Morgan fingerprint density at radius 3 is 2.53 bits per heavy atom. The highest BCUT2D eigenvalue weighted by Crippen LogP contribution is 2.38. The van der Waals surface area contributed by atoms with E-state index in [0.717, 1.165) is 18.3 Å². The van der Waals surface area contributed by atoms with Gasteiger partial charge in [0.1, 0.15) is 0 Å². The van der Waals surface area contributed by atoms with Crippen LogP contribution in [-0.4, -0.2) is 17.8 Å². The third kappa shape index (κ3) is 5.41. The maximum absolute atomic E-state index is 11.7. The first-order valence-corrected chi connectivity index (χ1v) is 8.17. The monoisotopic (exact) mass is 303 g/mol. The summed E-state index contributed by atoms with van der Waals surface area (Å²) in [5.41, 5.74) is 0.346. The second kappa shape index (κ2) is 8.12. The summed E-state index contributed by atoms with van der Waals surface area (Å²) >= 11 is 3.61. The van der Waals surface area contributed by atoms with Gasteiger partial charge in [0.2, 0.25) is 5.91 Å². The molecule has 1 amide bonds. The van der Waals surface area contributed by atoms with Crippen LogP contribution in [0.2, 0.25) is 0 Å². The van der Waals surface area contributed by atoms with Gasteiger partial charge >= 0.3 is 0 Å². The molecule has 0 bridgehead atoms. The van der Waals surface area contributed by atoms with Crippen LogP contribution in [0.15, 0.2) is 0 Å². The Bertz CT molecular complexity index is 224. The molecule has 0 heterocycles. The van der Waals surface area contributed by atoms with Crippen molar-refractivity contribution in [2.24, 2.45) is 5.41 Å². The Balaban J connectivity index is 2.14. The first kappa shape index (κ1) is 15.0. The SMILES string of the molecule is CCCCCCC(=O)NCC1(CBr)CCCC1. The molecule has 0 aromatic rings. The molecule has 1 N–H and O–H groups in total. The van der Waals surface area contributed by atoms with Crippen LogP contribution >= 0.6 is 15.9 Å². The molecule has 1 rings (SSSR count). The summed E-state index contributed by atoms with van der Waals surface area (Å²) < 4.78 is 0. The quantitative estimate of drug-likeness (QED) is 0.532. The minimum atomic E-state index is 0.244. The molecular formula is C14H26BrNO. The number of rotatable bonds is 8. The van der Waals surface area contributed by atoms with E-state index in [1.165, 1.54) is 44.9 Å². The lowest BCUT2D eigenvalue weighted by molar-refractivity contribution is -0.121. The summed E-state index contributed by atoms with van der Waals surface area (Å²) in [4.78, 5) is 11.7. The largest absolute Gasteiger partial charge is 0.356 e. The topological polar surface area (TPSA) is 29.1 Å². The van der Waals surface area contributed by atoms with Gasteiger partial charge in [-0.2, -0.15) is 0 Å². The second-order valence-corrected chi connectivity index (χ2v) is 5.99. The summed E-state index contributed by atoms with van der Waals surface area (Å²) in [7, 11) is 0. The van der Waals surface area contributed by atoms with E-state index in [0.29, 0.717) is 11.8 Å². The van der Waals surface area contributed by atoms with Gasteiger partial charge in [-0.25, -0.2) is 0 Å². The average Bonchev–Trinajstić information content (AvgIpc) is 2.82. The fourth-order valence-electron chi connectivity index (χ4n) is 2.57. The second-order valence-electron chi connectivity index (χ2n) is 5.43. The Hall–Kier alpha value is -0.0500. The van der Waals surface area contributed by atoms with Crippen LogP contribution in [0.4, 0.5) is 0 Å². The summed E-state index contributed by atoms with van der Waals surface area (Å²) in [5.74, 6) is 0.244. The summed E-state index contributed by atoms with van der Waals surface area (Å²) in [6, 6.07) is 0. The normalized spacial score (nSPS) is 18.2. The Kier molecular flexibility index (Phi) is 7.17. The third-order valence-electron chi connectivity index (χ3n) is 3.87. The van der Waals surface area contributed by atoms with Crippen LogP contribution < -0.4 is 5.32 Å². The van der Waals surface area contributed by atoms with Crippen molar-refractivity contribution >= 4 is 21.8 Å². The number of carbonyl (C=O) groups excluding carboxylic acids is 1. The van der Waals surface area contributed by atoms with E-state index in [-0.39, 0.29) is 5.91 Å². The molecule has 100 valence electrons. The summed E-state index contributed by atoms with van der Waals surface area (Å²) in [6.07, 6.45) is 10.6. The Morgan fingerprint density at radius 2 is 1.94 bits per heavy atom. The smallest absolute Gasteiger partial charge is 0.220 e. The highest BCUT2D eigenvalue weighted by atomic mass is 79.9. The number of hydrogen-bond acceptors (Lipinski definition) is 1. The zero-order chi connectivity index (χ0) is 12.6. The first-order valence-electron chi connectivity index (χ1n) is 7.05. The number of amides is 1. The summed E-state index contributed by atoms with van der Waals surface area (Å²) in [5, 5.41) is 4.15. The average molecular weight is 304 g/mol. The van der Waals surface area contributed by atoms with Crippen LogP contribution in [0.3, 0.4) is 0 Å². The van der Waals surface area contributed by atoms with Gasteiger partial charge in [0.25, 0.3) is 0 Å². The molecule has 0 unspecified atom stereocenters. The van der Waals surface area contributed by atoms with Crippen LogP contribution in [0.5, 0.6) is 0 Å². The van der Waals surface area contributed by atoms with Gasteiger partial charge in [-0.1, -0.05) is 55.0 Å². The molecule has 17 heavy (non-hydrogen) atoms. The molecule has 0 aliphatic heterocycles. The van der Waals surface area contributed by atoms with Gasteiger partial charge in [-0.05, 0) is 24.7 Å². The molecule has 1 fully saturated rings. The lowest BCUT2D eigenvalue weighted by atomic mass is 9.89. The number of nitrogens with one attached hydrogen (secondary N) is 1. The van der Waals surface area contributed by atoms with E-state index in [9.17, 15) is 4.79 Å². The third-order valence-corrected chi connectivity index (χ3v) is 5.06. The molecule has 1 aliphatic rings. The van der Waals surface area contributed by atoms with E-state index >= 15 is 0 Å². The highest BCUT2D eigenvalue weighted by molar-refractivity contribution is 9.09. The van der Waals surface area contributed by atoms with Crippen LogP contribution in [-0.2, 0) is 4.79 Å². The van der Waals surface area contributed by atoms with Crippen molar-refractivity contribution in [3.05, 3.63) is 0 Å². The van der Waals surface area contributed by atoms with E-state index in [2.05, 4.69) is 28.2 Å². The van der Waals surface area contributed by atoms with Crippen molar-refractivity contribution in [1.29, 1.82) is 0 Å². The van der Waals surface area contributed by atoms with Crippen molar-refractivity contribution in [2.45, 2.75) is 64.7 Å². The molecule has 0 saturated heterocycles. The molecule has 1 aliphatic carbocycles. The fourth-order valence-corrected chi connectivity index (χ4v) is 3.33. The standard InChI is InChI=1S/C14H26BrNO/c1-2-3-4-5-8-13(17)16-12-14(11-15)9-6-7-10-14/h2-12H2,1H3,(H,16,17). The van der Waals surface area contributed by atoms with Gasteiger partial charge in [-0.15, -0.1) is 0 Å². The zero-order valence-electron chi connectivity index (χ0n) is 11.1. The van der Waals surface area contributed by atoms with Crippen LogP contribution in [0.1, 0.15) is 64.7 Å². The Labute approximate surface area is 114 Å². The number of carbonyl (C=O) groups is 1. The maximum Gasteiger partial charge on any atom is 0.220 e. The molecular weight excluding hydrogens is 278 g/mol. The van der Waals surface area contributed by atoms with Crippen LogP contribution in [0.25, 0.3) is 0 Å². The minimum absolute atomic E-state index is 0.244. The molecule has 2 nitrogen and oxygen atoms in total. The minimum Gasteiger partial charge on any atom is -0.356 e. The van der Waals surface area contributed by atoms with Crippen molar-refractivity contribution < 1.29 is 4.79 Å². The number of halogens is 1. The molecule has 0 aromatic carbocycles. The predicted octanol–water partition coefficient (Wildman–Crippen LogP) is 4.03. The maximum atomic E-state index is 11.7. The predicted molar refractivity (Wildman–Crippen MR) is 76.5 cm³/mol. The first-order chi connectivity index (χ1) is 8.22. The van der Waals surface area contributed by atoms with E-state index < -0.39 is 0 Å². The summed E-state index contributed by atoms with van der Waals surface area (Å²) in [6.45, 7) is 3.06. The van der Waals surface area contributed by atoms with Crippen LogP contribution in [0, 0.1) is 5.41 Å². The molecule has 0 atom stereocenters.